The molecule has 1 aliphatic heterocycles. The third-order valence-corrected chi connectivity index (χ3v) is 5.73. The first kappa shape index (κ1) is 28.2. The van der Waals surface area contributed by atoms with Crippen LogP contribution in [0.4, 0.5) is 33.5 Å². The molecule has 1 saturated heterocycles. The Bertz CT molecular complexity index is 1100. The van der Waals surface area contributed by atoms with Crippen LogP contribution in [0.1, 0.15) is 19.0 Å². The molecule has 37 heavy (non-hydrogen) atoms. The second-order valence-electron chi connectivity index (χ2n) is 8.38. The first-order chi connectivity index (χ1) is 17.4. The SMILES string of the molecule is CC(=N)C(C(=O)Nc1ccc(OCC2CCN(CC(F)F)C2)nc1)C(=S)Nc1cnc(C(F)(F)F)cn1. The highest BCUT2D eigenvalue weighted by Crippen LogP contribution is 2.27. The van der Waals surface area contributed by atoms with Gasteiger partial charge in [-0.3, -0.25) is 9.69 Å². The summed E-state index contributed by atoms with van der Waals surface area (Å²) in [4.78, 5) is 25.3. The van der Waals surface area contributed by atoms with E-state index in [1.54, 1.807) is 4.90 Å². The Morgan fingerprint density at radius 2 is 1.97 bits per heavy atom. The molecule has 3 heterocycles. The summed E-state index contributed by atoms with van der Waals surface area (Å²) in [5.74, 6) is -1.60. The van der Waals surface area contributed by atoms with Gasteiger partial charge in [-0.05, 0) is 26.0 Å². The van der Waals surface area contributed by atoms with E-state index in [4.69, 9.17) is 22.4 Å². The molecule has 0 radical (unpaired) electrons. The minimum Gasteiger partial charge on any atom is -0.477 e. The van der Waals surface area contributed by atoms with E-state index in [2.05, 4.69) is 25.6 Å². The average molecular weight is 546 g/mol. The van der Waals surface area contributed by atoms with Crippen LogP contribution in [0.15, 0.2) is 30.7 Å². The number of hydrogen-bond acceptors (Lipinski definition) is 8. The molecule has 2 atom stereocenters. The monoisotopic (exact) mass is 545 g/mol. The second kappa shape index (κ2) is 12.3. The van der Waals surface area contributed by atoms with Gasteiger partial charge in [0.05, 0.1) is 42.4 Å². The largest absolute Gasteiger partial charge is 0.477 e. The number of ether oxygens (including phenoxy) is 1. The van der Waals surface area contributed by atoms with Crippen molar-refractivity contribution in [2.24, 2.45) is 11.8 Å². The van der Waals surface area contributed by atoms with Gasteiger partial charge in [-0.25, -0.2) is 23.7 Å². The van der Waals surface area contributed by atoms with Crippen molar-refractivity contribution in [1.82, 2.24) is 19.9 Å². The number of likely N-dealkylation sites (tertiary alicyclic amines) is 1. The lowest BCUT2D eigenvalue weighted by Gasteiger charge is -2.18. The number of alkyl halides is 5. The maximum absolute atomic E-state index is 12.8. The Morgan fingerprint density at radius 1 is 1.22 bits per heavy atom. The molecule has 15 heteroatoms. The number of halogens is 5. The van der Waals surface area contributed by atoms with Crippen molar-refractivity contribution in [2.75, 3.05) is 36.9 Å². The standard InChI is InChI=1S/C22H24F5N7O2S/c1-12(28)19(21(37)33-17-8-29-15(7-30-17)22(25,26)27)20(35)32-14-2-3-18(31-6-14)36-11-13-4-5-34(9-13)10-16(23)24/h2-3,6-8,13,16,19,28H,4-5,9-11H2,1H3,(H,32,35)(H,30,33,37). The third-order valence-electron chi connectivity index (χ3n) is 5.39. The first-order valence-corrected chi connectivity index (χ1v) is 11.5. The molecule has 3 N–H and O–H groups in total. The van der Waals surface area contributed by atoms with E-state index in [9.17, 15) is 26.7 Å². The van der Waals surface area contributed by atoms with E-state index >= 15 is 0 Å². The highest BCUT2D eigenvalue weighted by Gasteiger charge is 2.33. The summed E-state index contributed by atoms with van der Waals surface area (Å²) >= 11 is 5.19. The van der Waals surface area contributed by atoms with Gasteiger partial charge in [-0.2, -0.15) is 13.2 Å². The quantitative estimate of drug-likeness (QED) is 0.234. The van der Waals surface area contributed by atoms with Gasteiger partial charge in [-0.15, -0.1) is 0 Å². The average Bonchev–Trinajstić information content (AvgIpc) is 3.24. The van der Waals surface area contributed by atoms with Crippen LogP contribution >= 0.6 is 12.2 Å². The summed E-state index contributed by atoms with van der Waals surface area (Å²) in [5, 5.41) is 13.1. The van der Waals surface area contributed by atoms with E-state index < -0.39 is 30.1 Å². The summed E-state index contributed by atoms with van der Waals surface area (Å²) in [5.41, 5.74) is -0.997. The van der Waals surface area contributed by atoms with Crippen LogP contribution in [0.5, 0.6) is 5.88 Å². The summed E-state index contributed by atoms with van der Waals surface area (Å²) in [6.45, 7) is 2.54. The Labute approximate surface area is 214 Å². The van der Waals surface area contributed by atoms with Gasteiger partial charge in [0.25, 0.3) is 6.43 Å². The molecule has 3 rings (SSSR count). The molecular formula is C22H24F5N7O2S. The van der Waals surface area contributed by atoms with E-state index in [0.29, 0.717) is 37.5 Å². The van der Waals surface area contributed by atoms with E-state index in [-0.39, 0.29) is 29.0 Å². The van der Waals surface area contributed by atoms with Gasteiger partial charge < -0.3 is 20.8 Å². The molecule has 0 aromatic carbocycles. The van der Waals surface area contributed by atoms with Crippen LogP contribution in [0, 0.1) is 17.2 Å². The molecule has 2 aromatic heterocycles. The lowest BCUT2D eigenvalue weighted by Crippen LogP contribution is -2.37. The maximum Gasteiger partial charge on any atom is 0.434 e. The van der Waals surface area contributed by atoms with Gasteiger partial charge in [0, 0.05) is 24.2 Å². The van der Waals surface area contributed by atoms with Crippen molar-refractivity contribution in [1.29, 1.82) is 5.41 Å². The van der Waals surface area contributed by atoms with E-state index in [1.807, 2.05) is 0 Å². The predicted molar refractivity (Wildman–Crippen MR) is 129 cm³/mol. The summed E-state index contributed by atoms with van der Waals surface area (Å²) < 4.78 is 68.6. The Kier molecular flexibility index (Phi) is 9.37. The molecule has 1 amide bonds. The number of nitrogens with one attached hydrogen (secondary N) is 3. The topological polar surface area (TPSA) is 116 Å². The molecule has 1 aliphatic rings. The molecule has 200 valence electrons. The fourth-order valence-corrected chi connectivity index (χ4v) is 4.01. The van der Waals surface area contributed by atoms with Crippen LogP contribution in [0.2, 0.25) is 0 Å². The van der Waals surface area contributed by atoms with Gasteiger partial charge in [0.15, 0.2) is 5.69 Å². The van der Waals surface area contributed by atoms with Crippen LogP contribution in [0.3, 0.4) is 0 Å². The minimum absolute atomic E-state index is 0.110. The van der Waals surface area contributed by atoms with Crippen molar-refractivity contribution < 1.29 is 31.5 Å². The number of thiocarbonyl (C=S) groups is 1. The van der Waals surface area contributed by atoms with Crippen molar-refractivity contribution in [2.45, 2.75) is 25.9 Å². The fourth-order valence-electron chi connectivity index (χ4n) is 3.62. The molecule has 0 aliphatic carbocycles. The van der Waals surface area contributed by atoms with Crippen LogP contribution < -0.4 is 15.4 Å². The Hall–Kier alpha value is -3.33. The molecule has 0 saturated carbocycles. The molecule has 0 spiro atoms. The molecule has 0 bridgehead atoms. The molecule has 1 fully saturated rings. The number of amides is 1. The smallest absolute Gasteiger partial charge is 0.434 e. The number of anilines is 2. The second-order valence-corrected chi connectivity index (χ2v) is 8.82. The highest BCUT2D eigenvalue weighted by atomic mass is 32.1. The normalized spacial score (nSPS) is 16.9. The number of hydrogen-bond donors (Lipinski definition) is 3. The summed E-state index contributed by atoms with van der Waals surface area (Å²) in [6.07, 6.45) is -3.57. The van der Waals surface area contributed by atoms with Crippen LogP contribution in [-0.4, -0.2) is 69.1 Å². The maximum atomic E-state index is 12.8. The molecular weight excluding hydrogens is 521 g/mol. The van der Waals surface area contributed by atoms with Crippen molar-refractivity contribution in [3.63, 3.8) is 0 Å². The van der Waals surface area contributed by atoms with Gasteiger partial charge in [-0.1, -0.05) is 12.2 Å². The van der Waals surface area contributed by atoms with Crippen LogP contribution in [-0.2, 0) is 11.0 Å². The number of carbonyl (C=O) groups excluding carboxylic acids is 1. The highest BCUT2D eigenvalue weighted by molar-refractivity contribution is 7.80. The zero-order valence-electron chi connectivity index (χ0n) is 19.6. The number of carbonyl (C=O) groups is 1. The van der Waals surface area contributed by atoms with Gasteiger partial charge in [0.1, 0.15) is 11.7 Å². The van der Waals surface area contributed by atoms with Crippen molar-refractivity contribution in [3.8, 4) is 5.88 Å². The first-order valence-electron chi connectivity index (χ1n) is 11.1. The van der Waals surface area contributed by atoms with E-state index in [1.165, 1.54) is 25.3 Å². The zero-order chi connectivity index (χ0) is 27.2. The summed E-state index contributed by atoms with van der Waals surface area (Å²) in [7, 11) is 0. The molecule has 9 nitrogen and oxygen atoms in total. The van der Waals surface area contributed by atoms with Crippen molar-refractivity contribution in [3.05, 3.63) is 36.4 Å². The third kappa shape index (κ3) is 8.35. The molecule has 2 unspecified atom stereocenters. The van der Waals surface area contributed by atoms with Gasteiger partial charge >= 0.3 is 6.18 Å². The Morgan fingerprint density at radius 3 is 2.54 bits per heavy atom. The number of nitrogens with zero attached hydrogens (tertiary/aromatic N) is 4. The summed E-state index contributed by atoms with van der Waals surface area (Å²) in [6, 6.07) is 3.06. The Balaban J connectivity index is 1.53. The van der Waals surface area contributed by atoms with E-state index in [0.717, 1.165) is 12.6 Å². The number of rotatable bonds is 10. The predicted octanol–water partition coefficient (Wildman–Crippen LogP) is 3.89. The molecule has 2 aromatic rings. The minimum atomic E-state index is -4.65. The lowest BCUT2D eigenvalue weighted by molar-refractivity contribution is -0.141. The van der Waals surface area contributed by atoms with Crippen molar-refractivity contribution >= 4 is 40.3 Å². The van der Waals surface area contributed by atoms with Gasteiger partial charge in [0.2, 0.25) is 11.8 Å². The number of pyridine rings is 1. The number of aromatic nitrogens is 3. The van der Waals surface area contributed by atoms with Crippen LogP contribution in [0.25, 0.3) is 0 Å². The fraction of sp³-hybridized carbons (Fsp3) is 0.455. The zero-order valence-corrected chi connectivity index (χ0v) is 20.4. The lowest BCUT2D eigenvalue weighted by atomic mass is 10.0.